The zero-order valence-corrected chi connectivity index (χ0v) is 15.1. The van der Waals surface area contributed by atoms with Crippen LogP contribution in [0.5, 0.6) is 0 Å². The molecule has 0 spiro atoms. The molecule has 0 radical (unpaired) electrons. The number of benzene rings is 1. The van der Waals surface area contributed by atoms with Crippen molar-refractivity contribution >= 4 is 10.0 Å². The lowest BCUT2D eigenvalue weighted by Crippen LogP contribution is -2.31. The molecule has 0 saturated carbocycles. The summed E-state index contributed by atoms with van der Waals surface area (Å²) in [5.74, 6) is 0. The van der Waals surface area contributed by atoms with Gasteiger partial charge in [-0.15, -0.1) is 0 Å². The molecular formula is C17H30N2O3S. The zero-order chi connectivity index (χ0) is 17.0. The lowest BCUT2D eigenvalue weighted by atomic mass is 10.2. The molecule has 1 aromatic rings. The topological polar surface area (TPSA) is 67.4 Å². The second kappa shape index (κ2) is 11.6. The fraction of sp³-hybridized carbons (Fsp3) is 0.647. The van der Waals surface area contributed by atoms with E-state index in [-0.39, 0.29) is 5.25 Å². The number of unbranched alkanes of at least 4 members (excludes halogenated alkanes) is 2. The molecule has 6 heteroatoms. The highest BCUT2D eigenvalue weighted by Crippen LogP contribution is 2.00. The molecule has 0 unspecified atom stereocenters. The molecule has 132 valence electrons. The van der Waals surface area contributed by atoms with Crippen LogP contribution >= 0.6 is 0 Å². The molecule has 0 aliphatic heterocycles. The Morgan fingerprint density at radius 1 is 1.00 bits per heavy atom. The number of rotatable bonds is 13. The second-order valence-electron chi connectivity index (χ2n) is 5.84. The standard InChI is InChI=1S/C17H30N2O3S/c1-16(2)23(20,21)19-12-8-4-7-11-18-13-14-22-15-17-9-5-3-6-10-17/h3,5-6,9-10,16,18-19H,4,7-8,11-15H2,1-2H3. The van der Waals surface area contributed by atoms with Crippen molar-refractivity contribution in [2.75, 3.05) is 26.2 Å². The minimum Gasteiger partial charge on any atom is -0.375 e. The highest BCUT2D eigenvalue weighted by Gasteiger charge is 2.13. The van der Waals surface area contributed by atoms with Crippen molar-refractivity contribution in [3.05, 3.63) is 35.9 Å². The molecule has 0 saturated heterocycles. The third-order valence-electron chi connectivity index (χ3n) is 3.49. The third kappa shape index (κ3) is 9.71. The quantitative estimate of drug-likeness (QED) is 0.540. The van der Waals surface area contributed by atoms with Crippen LogP contribution in [0.15, 0.2) is 30.3 Å². The molecule has 23 heavy (non-hydrogen) atoms. The van der Waals surface area contributed by atoms with Gasteiger partial charge >= 0.3 is 0 Å². The van der Waals surface area contributed by atoms with Gasteiger partial charge in [0.25, 0.3) is 0 Å². The van der Waals surface area contributed by atoms with Gasteiger partial charge < -0.3 is 10.1 Å². The molecule has 0 atom stereocenters. The summed E-state index contributed by atoms with van der Waals surface area (Å²) in [6.45, 7) is 7.03. The fourth-order valence-electron chi connectivity index (χ4n) is 1.97. The van der Waals surface area contributed by atoms with Crippen LogP contribution < -0.4 is 10.0 Å². The minimum atomic E-state index is -3.11. The van der Waals surface area contributed by atoms with Crippen molar-refractivity contribution in [2.45, 2.75) is 45.0 Å². The first-order valence-electron chi connectivity index (χ1n) is 8.33. The average Bonchev–Trinajstić information content (AvgIpc) is 2.53. The van der Waals surface area contributed by atoms with E-state index in [1.54, 1.807) is 13.8 Å². The summed E-state index contributed by atoms with van der Waals surface area (Å²) in [7, 11) is -3.11. The van der Waals surface area contributed by atoms with Gasteiger partial charge in [0.05, 0.1) is 18.5 Å². The molecule has 0 bridgehead atoms. The first-order valence-corrected chi connectivity index (χ1v) is 9.88. The van der Waals surface area contributed by atoms with Crippen molar-refractivity contribution in [1.82, 2.24) is 10.0 Å². The smallest absolute Gasteiger partial charge is 0.213 e. The van der Waals surface area contributed by atoms with E-state index in [1.807, 2.05) is 18.2 Å². The van der Waals surface area contributed by atoms with E-state index < -0.39 is 10.0 Å². The summed E-state index contributed by atoms with van der Waals surface area (Å²) in [6.07, 6.45) is 2.93. The highest BCUT2D eigenvalue weighted by atomic mass is 32.2. The maximum atomic E-state index is 11.5. The Morgan fingerprint density at radius 3 is 2.39 bits per heavy atom. The zero-order valence-electron chi connectivity index (χ0n) is 14.3. The van der Waals surface area contributed by atoms with Gasteiger partial charge in [-0.1, -0.05) is 36.8 Å². The van der Waals surface area contributed by atoms with Gasteiger partial charge in [-0.25, -0.2) is 13.1 Å². The summed E-state index contributed by atoms with van der Waals surface area (Å²) in [5, 5.41) is 2.97. The van der Waals surface area contributed by atoms with Crippen LogP contribution in [-0.2, 0) is 21.4 Å². The Hall–Kier alpha value is -0.950. The Kier molecular flexibility index (Phi) is 10.1. The number of ether oxygens (including phenoxy) is 1. The molecule has 0 aromatic heterocycles. The van der Waals surface area contributed by atoms with Gasteiger partial charge in [0, 0.05) is 13.1 Å². The molecule has 0 aliphatic rings. The van der Waals surface area contributed by atoms with Crippen molar-refractivity contribution in [3.63, 3.8) is 0 Å². The van der Waals surface area contributed by atoms with E-state index in [2.05, 4.69) is 22.2 Å². The number of nitrogens with one attached hydrogen (secondary N) is 2. The van der Waals surface area contributed by atoms with E-state index >= 15 is 0 Å². The Morgan fingerprint density at radius 2 is 1.70 bits per heavy atom. The predicted molar refractivity (Wildman–Crippen MR) is 94.9 cm³/mol. The molecular weight excluding hydrogens is 312 g/mol. The first kappa shape index (κ1) is 20.1. The number of hydrogen-bond acceptors (Lipinski definition) is 4. The summed E-state index contributed by atoms with van der Waals surface area (Å²) in [5.41, 5.74) is 1.19. The van der Waals surface area contributed by atoms with Crippen LogP contribution in [0.1, 0.15) is 38.7 Å². The summed E-state index contributed by atoms with van der Waals surface area (Å²) in [6, 6.07) is 10.1. The third-order valence-corrected chi connectivity index (χ3v) is 5.34. The van der Waals surface area contributed by atoms with Crippen LogP contribution in [0, 0.1) is 0 Å². The Bertz CT molecular complexity index is 504. The SMILES string of the molecule is CC(C)S(=O)(=O)NCCCCCNCCOCc1ccccc1. The van der Waals surface area contributed by atoms with Crippen molar-refractivity contribution in [2.24, 2.45) is 0 Å². The number of sulfonamides is 1. The van der Waals surface area contributed by atoms with Crippen molar-refractivity contribution in [1.29, 1.82) is 0 Å². The van der Waals surface area contributed by atoms with Crippen LogP contribution in [-0.4, -0.2) is 39.9 Å². The number of hydrogen-bond donors (Lipinski definition) is 2. The first-order chi connectivity index (χ1) is 11.0. The van der Waals surface area contributed by atoms with Gasteiger partial charge in [-0.2, -0.15) is 0 Å². The second-order valence-corrected chi connectivity index (χ2v) is 8.16. The average molecular weight is 343 g/mol. The van der Waals surface area contributed by atoms with E-state index in [0.717, 1.165) is 32.4 Å². The Balaban J connectivity index is 1.87. The van der Waals surface area contributed by atoms with Crippen molar-refractivity contribution in [3.8, 4) is 0 Å². The normalized spacial score (nSPS) is 12.0. The molecule has 5 nitrogen and oxygen atoms in total. The van der Waals surface area contributed by atoms with Crippen LogP contribution in [0.2, 0.25) is 0 Å². The Labute approximate surface area is 140 Å². The lowest BCUT2D eigenvalue weighted by Gasteiger charge is -2.09. The van der Waals surface area contributed by atoms with Gasteiger partial charge in [0.1, 0.15) is 0 Å². The van der Waals surface area contributed by atoms with Gasteiger partial charge in [0.15, 0.2) is 0 Å². The van der Waals surface area contributed by atoms with Gasteiger partial charge in [-0.05, 0) is 38.8 Å². The van der Waals surface area contributed by atoms with E-state index in [1.165, 1.54) is 5.56 Å². The minimum absolute atomic E-state index is 0.361. The van der Waals surface area contributed by atoms with E-state index in [9.17, 15) is 8.42 Å². The van der Waals surface area contributed by atoms with E-state index in [0.29, 0.717) is 19.8 Å². The highest BCUT2D eigenvalue weighted by molar-refractivity contribution is 7.90. The lowest BCUT2D eigenvalue weighted by molar-refractivity contribution is 0.123. The largest absolute Gasteiger partial charge is 0.375 e. The monoisotopic (exact) mass is 342 g/mol. The predicted octanol–water partition coefficient (Wildman–Crippen LogP) is 2.29. The fourth-order valence-corrected chi connectivity index (χ4v) is 2.73. The maximum Gasteiger partial charge on any atom is 0.213 e. The van der Waals surface area contributed by atoms with Gasteiger partial charge in [-0.3, -0.25) is 0 Å². The van der Waals surface area contributed by atoms with E-state index in [4.69, 9.17) is 4.74 Å². The van der Waals surface area contributed by atoms with Gasteiger partial charge in [0.2, 0.25) is 10.0 Å². The molecule has 1 rings (SSSR count). The molecule has 2 N–H and O–H groups in total. The van der Waals surface area contributed by atoms with Crippen molar-refractivity contribution < 1.29 is 13.2 Å². The molecule has 1 aromatic carbocycles. The molecule has 0 aliphatic carbocycles. The summed E-state index contributed by atoms with van der Waals surface area (Å²) >= 11 is 0. The maximum absolute atomic E-state index is 11.5. The molecule has 0 amide bonds. The van der Waals surface area contributed by atoms with Crippen LogP contribution in [0.3, 0.4) is 0 Å². The summed E-state index contributed by atoms with van der Waals surface area (Å²) < 4.78 is 31.3. The summed E-state index contributed by atoms with van der Waals surface area (Å²) in [4.78, 5) is 0. The van der Waals surface area contributed by atoms with Crippen LogP contribution in [0.25, 0.3) is 0 Å². The van der Waals surface area contributed by atoms with Crippen LogP contribution in [0.4, 0.5) is 0 Å². The molecule has 0 heterocycles. The molecule has 0 fully saturated rings.